The molecule has 164 valence electrons. The lowest BCUT2D eigenvalue weighted by Crippen LogP contribution is -2.48. The van der Waals surface area contributed by atoms with Crippen LogP contribution in [-0.4, -0.2) is 59.1 Å². The van der Waals surface area contributed by atoms with Gasteiger partial charge in [-0.3, -0.25) is 4.79 Å². The van der Waals surface area contributed by atoms with Crippen molar-refractivity contribution < 1.29 is 9.53 Å². The van der Waals surface area contributed by atoms with Crippen LogP contribution in [0.4, 0.5) is 0 Å². The van der Waals surface area contributed by atoms with Crippen molar-refractivity contribution in [2.24, 2.45) is 0 Å². The smallest absolute Gasteiger partial charge is 0.270 e. The average Bonchev–Trinajstić information content (AvgIpc) is 3.18. The second-order valence-electron chi connectivity index (χ2n) is 8.35. The van der Waals surface area contributed by atoms with Crippen molar-refractivity contribution in [1.82, 2.24) is 14.4 Å². The van der Waals surface area contributed by atoms with E-state index < -0.39 is 0 Å². The number of carbonyl (C=O) groups excluding carboxylic acids is 1. The summed E-state index contributed by atoms with van der Waals surface area (Å²) in [5.41, 5.74) is 2.96. The van der Waals surface area contributed by atoms with Crippen LogP contribution in [0, 0.1) is 0 Å². The van der Waals surface area contributed by atoms with Gasteiger partial charge in [-0.05, 0) is 43.7 Å². The normalized spacial score (nSPS) is 15.9. The van der Waals surface area contributed by atoms with Crippen molar-refractivity contribution in [3.63, 3.8) is 0 Å². The molecule has 1 fully saturated rings. The number of carbonyl (C=O) groups is 1. The van der Waals surface area contributed by atoms with Crippen LogP contribution in [-0.2, 0) is 6.54 Å². The fourth-order valence-electron chi connectivity index (χ4n) is 4.20. The van der Waals surface area contributed by atoms with Crippen LogP contribution in [0.5, 0.6) is 5.75 Å². The summed E-state index contributed by atoms with van der Waals surface area (Å²) < 4.78 is 8.36. The second kappa shape index (κ2) is 9.56. The first-order valence-corrected chi connectivity index (χ1v) is 11.4. The van der Waals surface area contributed by atoms with Gasteiger partial charge in [-0.1, -0.05) is 50.2 Å². The van der Waals surface area contributed by atoms with Gasteiger partial charge in [0.1, 0.15) is 11.4 Å². The maximum absolute atomic E-state index is 13.6. The van der Waals surface area contributed by atoms with Crippen LogP contribution < -0.4 is 4.74 Å². The van der Waals surface area contributed by atoms with Gasteiger partial charge in [-0.2, -0.15) is 0 Å². The number of likely N-dealkylation sites (N-methyl/N-ethyl adjacent to an activating group) is 1. The molecule has 0 unspecified atom stereocenters. The van der Waals surface area contributed by atoms with E-state index in [-0.39, 0.29) is 12.0 Å². The summed E-state index contributed by atoms with van der Waals surface area (Å²) in [5.74, 6) is 0.959. The standard InChI is InChI=1S/C26H33N3O2/c1-4-20(3)31-25-13-9-12-23-22(25)18-24(29(23)19-21-10-7-6-8-11-21)26(30)28-16-14-27(5-2)15-17-28/h6-13,18,20H,4-5,14-17,19H2,1-3H3/t20-/m1/s1. The van der Waals surface area contributed by atoms with Gasteiger partial charge < -0.3 is 19.1 Å². The van der Waals surface area contributed by atoms with Crippen molar-refractivity contribution in [2.45, 2.75) is 39.8 Å². The van der Waals surface area contributed by atoms with Gasteiger partial charge in [0, 0.05) is 38.1 Å². The van der Waals surface area contributed by atoms with Crippen molar-refractivity contribution >= 4 is 16.8 Å². The van der Waals surface area contributed by atoms with Crippen LogP contribution in [0.15, 0.2) is 54.6 Å². The number of benzene rings is 2. The van der Waals surface area contributed by atoms with Crippen molar-refractivity contribution in [3.8, 4) is 5.75 Å². The molecule has 1 saturated heterocycles. The molecule has 31 heavy (non-hydrogen) atoms. The molecule has 0 N–H and O–H groups in total. The number of amides is 1. The highest BCUT2D eigenvalue weighted by Crippen LogP contribution is 2.31. The van der Waals surface area contributed by atoms with E-state index in [0.29, 0.717) is 6.54 Å². The summed E-state index contributed by atoms with van der Waals surface area (Å²) in [4.78, 5) is 18.0. The number of rotatable bonds is 7. The SMILES string of the molecule is CC[C@@H](C)Oc1cccc2c1cc(C(=O)N1CCN(CC)CC1)n2Cc1ccccc1. The Morgan fingerprint density at radius 2 is 1.74 bits per heavy atom. The summed E-state index contributed by atoms with van der Waals surface area (Å²) >= 11 is 0. The number of hydrogen-bond acceptors (Lipinski definition) is 3. The van der Waals surface area contributed by atoms with E-state index >= 15 is 0 Å². The summed E-state index contributed by atoms with van der Waals surface area (Å²) in [7, 11) is 0. The average molecular weight is 420 g/mol. The van der Waals surface area contributed by atoms with Gasteiger partial charge in [0.15, 0.2) is 0 Å². The molecule has 0 aliphatic carbocycles. The van der Waals surface area contributed by atoms with Crippen LogP contribution in [0.25, 0.3) is 10.9 Å². The summed E-state index contributed by atoms with van der Waals surface area (Å²) in [6.45, 7) is 11.5. The molecule has 4 rings (SSSR count). The minimum Gasteiger partial charge on any atom is -0.490 e. The third-order valence-electron chi connectivity index (χ3n) is 6.32. The minimum absolute atomic E-state index is 0.109. The van der Waals surface area contributed by atoms with Crippen molar-refractivity contribution in [2.75, 3.05) is 32.7 Å². The Morgan fingerprint density at radius 1 is 1.00 bits per heavy atom. The number of nitrogens with zero attached hydrogens (tertiary/aromatic N) is 3. The maximum Gasteiger partial charge on any atom is 0.270 e. The molecular formula is C26H33N3O2. The lowest BCUT2D eigenvalue weighted by atomic mass is 10.2. The zero-order valence-electron chi connectivity index (χ0n) is 18.9. The Hall–Kier alpha value is -2.79. The molecule has 0 saturated carbocycles. The van der Waals surface area contributed by atoms with E-state index in [0.717, 1.165) is 61.5 Å². The number of fused-ring (bicyclic) bond motifs is 1. The monoisotopic (exact) mass is 419 g/mol. The topological polar surface area (TPSA) is 37.7 Å². The molecule has 1 amide bonds. The Bertz CT molecular complexity index is 1020. The molecule has 1 aromatic heterocycles. The Balaban J connectivity index is 1.74. The predicted octanol–water partition coefficient (Wildman–Crippen LogP) is 4.64. The Labute approximate surface area is 185 Å². The lowest BCUT2D eigenvalue weighted by molar-refractivity contribution is 0.0633. The highest BCUT2D eigenvalue weighted by atomic mass is 16.5. The largest absolute Gasteiger partial charge is 0.490 e. The Morgan fingerprint density at radius 3 is 2.42 bits per heavy atom. The van der Waals surface area contributed by atoms with E-state index in [1.165, 1.54) is 5.56 Å². The van der Waals surface area contributed by atoms with Gasteiger partial charge in [-0.25, -0.2) is 0 Å². The molecule has 2 aromatic carbocycles. The summed E-state index contributed by atoms with van der Waals surface area (Å²) in [6, 6.07) is 18.5. The Kier molecular flexibility index (Phi) is 6.62. The molecule has 5 heteroatoms. The van der Waals surface area contributed by atoms with E-state index in [1.54, 1.807) is 0 Å². The molecule has 5 nitrogen and oxygen atoms in total. The fraction of sp³-hybridized carbons (Fsp3) is 0.423. The first-order valence-electron chi connectivity index (χ1n) is 11.4. The van der Waals surface area contributed by atoms with Gasteiger partial charge in [0.2, 0.25) is 0 Å². The quantitative estimate of drug-likeness (QED) is 0.560. The van der Waals surface area contributed by atoms with Gasteiger partial charge in [0.05, 0.1) is 11.6 Å². The zero-order chi connectivity index (χ0) is 21.8. The first kappa shape index (κ1) is 21.4. The molecule has 2 heterocycles. The third-order valence-corrected chi connectivity index (χ3v) is 6.32. The van der Waals surface area contributed by atoms with Crippen LogP contribution in [0.1, 0.15) is 43.2 Å². The molecule has 3 aromatic rings. The molecule has 1 atom stereocenters. The maximum atomic E-state index is 13.6. The van der Waals surface area contributed by atoms with Crippen LogP contribution in [0.2, 0.25) is 0 Å². The second-order valence-corrected chi connectivity index (χ2v) is 8.35. The molecular weight excluding hydrogens is 386 g/mol. The van der Waals surface area contributed by atoms with E-state index in [2.05, 4.69) is 48.4 Å². The summed E-state index contributed by atoms with van der Waals surface area (Å²) in [6.07, 6.45) is 1.07. The van der Waals surface area contributed by atoms with Gasteiger partial charge >= 0.3 is 0 Å². The fourth-order valence-corrected chi connectivity index (χ4v) is 4.20. The number of aromatic nitrogens is 1. The van der Waals surface area contributed by atoms with Crippen molar-refractivity contribution in [1.29, 1.82) is 0 Å². The van der Waals surface area contributed by atoms with Gasteiger partial charge in [-0.15, -0.1) is 0 Å². The number of piperazine rings is 1. The first-order chi connectivity index (χ1) is 15.1. The molecule has 0 radical (unpaired) electrons. The van der Waals surface area contributed by atoms with Gasteiger partial charge in [0.25, 0.3) is 5.91 Å². The minimum atomic E-state index is 0.109. The van der Waals surface area contributed by atoms with Crippen molar-refractivity contribution in [3.05, 3.63) is 65.9 Å². The van der Waals surface area contributed by atoms with E-state index in [4.69, 9.17) is 4.74 Å². The molecule has 1 aliphatic heterocycles. The molecule has 0 spiro atoms. The molecule has 0 bridgehead atoms. The van der Waals surface area contributed by atoms with Crippen LogP contribution >= 0.6 is 0 Å². The van der Waals surface area contributed by atoms with E-state index in [9.17, 15) is 4.79 Å². The predicted molar refractivity (Wildman–Crippen MR) is 126 cm³/mol. The lowest BCUT2D eigenvalue weighted by Gasteiger charge is -2.34. The molecule has 1 aliphatic rings. The number of ether oxygens (including phenoxy) is 1. The van der Waals surface area contributed by atoms with E-state index in [1.807, 2.05) is 41.3 Å². The third kappa shape index (κ3) is 4.62. The highest BCUT2D eigenvalue weighted by molar-refractivity contribution is 6.00. The van der Waals surface area contributed by atoms with Crippen LogP contribution in [0.3, 0.4) is 0 Å². The summed E-state index contributed by atoms with van der Waals surface area (Å²) in [5, 5.41) is 1.01. The highest BCUT2D eigenvalue weighted by Gasteiger charge is 2.26. The number of hydrogen-bond donors (Lipinski definition) is 0. The zero-order valence-corrected chi connectivity index (χ0v) is 18.9.